The molecular weight excluding hydrogens is 352 g/mol. The maximum Gasteiger partial charge on any atom is 0.414 e. The Morgan fingerprint density at radius 1 is 1.22 bits per heavy atom. The lowest BCUT2D eigenvalue weighted by Gasteiger charge is -2.17. The van der Waals surface area contributed by atoms with Gasteiger partial charge in [-0.3, -0.25) is 0 Å². The van der Waals surface area contributed by atoms with Crippen molar-refractivity contribution < 1.29 is 29.3 Å². The van der Waals surface area contributed by atoms with Crippen molar-refractivity contribution in [3.05, 3.63) is 35.9 Å². The molecule has 0 saturated carbocycles. The van der Waals surface area contributed by atoms with E-state index in [2.05, 4.69) is 24.4 Å². The number of aryl methyl sites for hydroxylation is 1. The van der Waals surface area contributed by atoms with Gasteiger partial charge in [0.2, 0.25) is 0 Å². The van der Waals surface area contributed by atoms with Crippen LogP contribution in [0, 0.1) is 0 Å². The topological polar surface area (TPSA) is 131 Å². The normalized spacial score (nSPS) is 11.4. The number of nitrogens with two attached hydrogens (primary N) is 1. The number of ether oxygens (including phenoxy) is 2. The summed E-state index contributed by atoms with van der Waals surface area (Å²) in [6.07, 6.45) is 7.21. The monoisotopic (exact) mass is 382 g/mol. The molecule has 8 nitrogen and oxygen atoms in total. The summed E-state index contributed by atoms with van der Waals surface area (Å²) < 4.78 is 10.8. The highest BCUT2D eigenvalue weighted by molar-refractivity contribution is 6.27. The van der Waals surface area contributed by atoms with Crippen molar-refractivity contribution in [3.8, 4) is 11.5 Å². The molecule has 0 aromatic heterocycles. The third-order valence-electron chi connectivity index (χ3n) is 3.55. The maximum atomic E-state index is 9.10. The van der Waals surface area contributed by atoms with E-state index in [9.17, 15) is 0 Å². The molecule has 0 spiro atoms. The predicted molar refractivity (Wildman–Crippen MR) is 103 cm³/mol. The number of para-hydroxylation sites is 1. The predicted octanol–water partition coefficient (Wildman–Crippen LogP) is 1.68. The zero-order valence-electron chi connectivity index (χ0n) is 16.1. The highest BCUT2D eigenvalue weighted by Crippen LogP contribution is 2.31. The Bertz CT molecular complexity index is 592. The van der Waals surface area contributed by atoms with Crippen molar-refractivity contribution in [1.82, 2.24) is 5.32 Å². The van der Waals surface area contributed by atoms with Gasteiger partial charge in [-0.1, -0.05) is 31.2 Å². The second-order valence-electron chi connectivity index (χ2n) is 5.53. The zero-order chi connectivity index (χ0) is 20.7. The third kappa shape index (κ3) is 10.2. The molecule has 8 heteroatoms. The second-order valence-corrected chi connectivity index (χ2v) is 5.53. The van der Waals surface area contributed by atoms with Crippen LogP contribution < -0.4 is 20.5 Å². The molecule has 5 N–H and O–H groups in total. The van der Waals surface area contributed by atoms with Crippen LogP contribution in [0.15, 0.2) is 30.4 Å². The highest BCUT2D eigenvalue weighted by atomic mass is 16.5. The van der Waals surface area contributed by atoms with Gasteiger partial charge in [-0.25, -0.2) is 9.59 Å². The van der Waals surface area contributed by atoms with Crippen LogP contribution in [0.3, 0.4) is 0 Å². The number of benzene rings is 1. The first kappa shape index (κ1) is 24.4. The average molecular weight is 382 g/mol. The van der Waals surface area contributed by atoms with Gasteiger partial charge in [0, 0.05) is 12.6 Å². The molecule has 0 heterocycles. The van der Waals surface area contributed by atoms with Crippen LogP contribution >= 0.6 is 0 Å². The van der Waals surface area contributed by atoms with Crippen LogP contribution in [0.25, 0.3) is 0 Å². The summed E-state index contributed by atoms with van der Waals surface area (Å²) in [6, 6.07) is 6.35. The summed E-state index contributed by atoms with van der Waals surface area (Å²) in [4.78, 5) is 18.2. The molecule has 0 aliphatic heterocycles. The van der Waals surface area contributed by atoms with Gasteiger partial charge in [-0.05, 0) is 37.4 Å². The van der Waals surface area contributed by atoms with Crippen LogP contribution in [-0.2, 0) is 16.0 Å². The minimum absolute atomic E-state index is 0.337. The Labute approximate surface area is 160 Å². The first-order chi connectivity index (χ1) is 12.9. The van der Waals surface area contributed by atoms with Crippen LogP contribution in [0.4, 0.5) is 0 Å². The van der Waals surface area contributed by atoms with Gasteiger partial charge in [-0.15, -0.1) is 0 Å². The highest BCUT2D eigenvalue weighted by Gasteiger charge is 2.11. The summed E-state index contributed by atoms with van der Waals surface area (Å²) in [7, 11) is 3.35. The summed E-state index contributed by atoms with van der Waals surface area (Å²) in [5.41, 5.74) is 6.71. The van der Waals surface area contributed by atoms with Gasteiger partial charge in [0.25, 0.3) is 0 Å². The van der Waals surface area contributed by atoms with Crippen molar-refractivity contribution in [2.75, 3.05) is 27.3 Å². The van der Waals surface area contributed by atoms with E-state index < -0.39 is 11.9 Å². The number of aliphatic carboxylic acids is 2. The number of rotatable bonds is 10. The van der Waals surface area contributed by atoms with Gasteiger partial charge in [0.05, 0.1) is 14.2 Å². The van der Waals surface area contributed by atoms with E-state index in [4.69, 9.17) is 35.0 Å². The smallest absolute Gasteiger partial charge is 0.414 e. The van der Waals surface area contributed by atoms with Gasteiger partial charge >= 0.3 is 11.9 Å². The molecule has 0 radical (unpaired) electrons. The van der Waals surface area contributed by atoms with E-state index in [1.54, 1.807) is 14.2 Å². The minimum Gasteiger partial charge on any atom is -0.493 e. The largest absolute Gasteiger partial charge is 0.493 e. The molecule has 1 aromatic carbocycles. The van der Waals surface area contributed by atoms with Crippen molar-refractivity contribution in [2.24, 2.45) is 5.73 Å². The van der Waals surface area contributed by atoms with Gasteiger partial charge in [0.1, 0.15) is 0 Å². The van der Waals surface area contributed by atoms with E-state index in [0.29, 0.717) is 12.6 Å². The number of carboxylic acid groups (broad SMARTS) is 2. The first-order valence-corrected chi connectivity index (χ1v) is 8.67. The molecule has 0 aliphatic carbocycles. The van der Waals surface area contributed by atoms with Gasteiger partial charge < -0.3 is 30.7 Å². The Morgan fingerprint density at radius 3 is 2.37 bits per heavy atom. The molecule has 152 valence electrons. The minimum atomic E-state index is -1.82. The Kier molecular flexibility index (Phi) is 13.2. The molecule has 0 bridgehead atoms. The molecule has 0 aliphatic rings. The Morgan fingerprint density at radius 2 is 1.89 bits per heavy atom. The molecule has 27 heavy (non-hydrogen) atoms. The van der Waals surface area contributed by atoms with Crippen molar-refractivity contribution >= 4 is 11.9 Å². The first-order valence-electron chi connectivity index (χ1n) is 8.67. The fraction of sp³-hybridized carbons (Fsp3) is 0.474. The van der Waals surface area contributed by atoms with Crippen LogP contribution in [0.5, 0.6) is 11.5 Å². The quantitative estimate of drug-likeness (QED) is 0.355. The standard InChI is InChI=1S/C17H28N2O2.C2H2O4/c1-4-13-19-15(8-6-12-18)11-10-14-7-5-9-16(20-2)17(14)21-3;3-1(4)2(5)6/h5-9,15,19H,4,10-13,18H2,1-3H3;(H,3,4)(H,5,6). The number of carboxylic acids is 2. The molecule has 0 amide bonds. The fourth-order valence-corrected chi connectivity index (χ4v) is 2.30. The zero-order valence-corrected chi connectivity index (χ0v) is 16.1. The number of hydrogen-bond acceptors (Lipinski definition) is 6. The number of carbonyl (C=O) groups is 2. The Hall–Kier alpha value is -2.58. The molecule has 0 saturated heterocycles. The van der Waals surface area contributed by atoms with E-state index >= 15 is 0 Å². The lowest BCUT2D eigenvalue weighted by Crippen LogP contribution is -2.28. The van der Waals surface area contributed by atoms with Crippen molar-refractivity contribution in [1.29, 1.82) is 0 Å². The third-order valence-corrected chi connectivity index (χ3v) is 3.55. The summed E-state index contributed by atoms with van der Waals surface area (Å²) >= 11 is 0. The van der Waals surface area contributed by atoms with Gasteiger partial charge in [0.15, 0.2) is 11.5 Å². The summed E-state index contributed by atoms with van der Waals surface area (Å²) in [5.74, 6) is -2.03. The molecule has 1 unspecified atom stereocenters. The average Bonchev–Trinajstić information content (AvgIpc) is 2.67. The van der Waals surface area contributed by atoms with E-state index in [0.717, 1.165) is 37.3 Å². The van der Waals surface area contributed by atoms with E-state index in [1.165, 1.54) is 5.56 Å². The Balaban J connectivity index is 0.000000972. The SMILES string of the molecule is CCCNC(C=CCN)CCc1cccc(OC)c1OC.O=C(O)C(=O)O. The number of hydrogen-bond donors (Lipinski definition) is 4. The lowest BCUT2D eigenvalue weighted by atomic mass is 10.0. The van der Waals surface area contributed by atoms with Crippen LogP contribution in [0.1, 0.15) is 25.3 Å². The van der Waals surface area contributed by atoms with Crippen molar-refractivity contribution in [2.45, 2.75) is 32.2 Å². The second kappa shape index (κ2) is 14.6. The van der Waals surface area contributed by atoms with Crippen molar-refractivity contribution in [3.63, 3.8) is 0 Å². The number of nitrogens with one attached hydrogen (secondary N) is 1. The molecule has 1 aromatic rings. The van der Waals surface area contributed by atoms with Crippen LogP contribution in [0.2, 0.25) is 0 Å². The molecule has 1 atom stereocenters. The van der Waals surface area contributed by atoms with Crippen LogP contribution in [-0.4, -0.2) is 55.5 Å². The number of methoxy groups -OCH3 is 2. The van der Waals surface area contributed by atoms with E-state index in [-0.39, 0.29) is 0 Å². The molecule has 1 rings (SSSR count). The fourth-order valence-electron chi connectivity index (χ4n) is 2.30. The summed E-state index contributed by atoms with van der Waals surface area (Å²) in [5, 5.41) is 18.3. The molecular formula is C19H30N2O6. The maximum absolute atomic E-state index is 9.10. The van der Waals surface area contributed by atoms with Gasteiger partial charge in [-0.2, -0.15) is 0 Å². The summed E-state index contributed by atoms with van der Waals surface area (Å²) in [6.45, 7) is 3.75. The lowest BCUT2D eigenvalue weighted by molar-refractivity contribution is -0.159. The molecule has 0 fully saturated rings. The van der Waals surface area contributed by atoms with E-state index in [1.807, 2.05) is 18.2 Å².